The minimum atomic E-state index is -0.361. The molecule has 2 aromatic heterocycles. The molecule has 0 aliphatic rings. The van der Waals surface area contributed by atoms with E-state index >= 15 is 0 Å². The van der Waals surface area contributed by atoms with E-state index in [0.717, 1.165) is 22.4 Å². The van der Waals surface area contributed by atoms with Crippen molar-refractivity contribution >= 4 is 23.0 Å². The fourth-order valence-electron chi connectivity index (χ4n) is 3.41. The maximum absolute atomic E-state index is 13.0. The molecule has 0 aliphatic carbocycles. The van der Waals surface area contributed by atoms with E-state index < -0.39 is 0 Å². The maximum Gasteiger partial charge on any atom is 0.292 e. The Morgan fingerprint density at radius 1 is 1.10 bits per heavy atom. The number of rotatable bonds is 7. The van der Waals surface area contributed by atoms with Gasteiger partial charge in [0, 0.05) is 32.1 Å². The Hall–Kier alpha value is -3.19. The predicted molar refractivity (Wildman–Crippen MR) is 113 cm³/mol. The molecular formula is C22H26N4O3. The number of amides is 2. The van der Waals surface area contributed by atoms with E-state index in [1.807, 2.05) is 39.0 Å². The number of nitrogens with one attached hydrogen (secondary N) is 2. The van der Waals surface area contributed by atoms with E-state index in [9.17, 15) is 9.59 Å². The van der Waals surface area contributed by atoms with E-state index in [-0.39, 0.29) is 23.3 Å². The third kappa shape index (κ3) is 4.46. The normalized spacial score (nSPS) is 10.9. The highest BCUT2D eigenvalue weighted by Crippen LogP contribution is 2.23. The van der Waals surface area contributed by atoms with Gasteiger partial charge in [-0.3, -0.25) is 14.0 Å². The van der Waals surface area contributed by atoms with Crippen LogP contribution >= 0.6 is 0 Å². The Morgan fingerprint density at radius 3 is 2.52 bits per heavy atom. The summed E-state index contributed by atoms with van der Waals surface area (Å²) in [6.45, 7) is 6.97. The second-order valence-electron chi connectivity index (χ2n) is 7.07. The molecule has 0 aliphatic heterocycles. The minimum absolute atomic E-state index is 0.169. The minimum Gasteiger partial charge on any atom is -0.385 e. The molecule has 0 unspecified atom stereocenters. The number of imidazole rings is 1. The van der Waals surface area contributed by atoms with Crippen molar-refractivity contribution < 1.29 is 14.3 Å². The van der Waals surface area contributed by atoms with Gasteiger partial charge in [-0.25, -0.2) is 4.98 Å². The monoisotopic (exact) mass is 394 g/mol. The van der Waals surface area contributed by atoms with E-state index in [4.69, 9.17) is 4.74 Å². The largest absolute Gasteiger partial charge is 0.385 e. The molecule has 2 heterocycles. The average molecular weight is 394 g/mol. The van der Waals surface area contributed by atoms with Crippen LogP contribution in [-0.2, 0) is 4.74 Å². The van der Waals surface area contributed by atoms with E-state index in [1.54, 1.807) is 29.8 Å². The summed E-state index contributed by atoms with van der Waals surface area (Å²) in [5, 5.41) is 5.78. The molecule has 7 nitrogen and oxygen atoms in total. The number of hydrogen-bond acceptors (Lipinski definition) is 4. The number of fused-ring (bicyclic) bond motifs is 1. The molecule has 152 valence electrons. The fourth-order valence-corrected chi connectivity index (χ4v) is 3.41. The molecule has 0 bridgehead atoms. The molecule has 3 rings (SSSR count). The van der Waals surface area contributed by atoms with Gasteiger partial charge in [-0.15, -0.1) is 0 Å². The first-order valence-electron chi connectivity index (χ1n) is 9.55. The lowest BCUT2D eigenvalue weighted by atomic mass is 10.1. The van der Waals surface area contributed by atoms with E-state index in [1.165, 1.54) is 0 Å². The smallest absolute Gasteiger partial charge is 0.292 e. The Morgan fingerprint density at radius 2 is 1.83 bits per heavy atom. The van der Waals surface area contributed by atoms with Crippen LogP contribution in [0.15, 0.2) is 36.5 Å². The van der Waals surface area contributed by atoms with Crippen molar-refractivity contribution in [2.24, 2.45) is 0 Å². The molecule has 2 amide bonds. The van der Waals surface area contributed by atoms with Gasteiger partial charge in [-0.2, -0.15) is 0 Å². The maximum atomic E-state index is 13.0. The topological polar surface area (TPSA) is 84.7 Å². The number of ether oxygens (including phenoxy) is 1. The summed E-state index contributed by atoms with van der Waals surface area (Å²) in [7, 11) is 1.62. The molecule has 0 atom stereocenters. The zero-order chi connectivity index (χ0) is 21.0. The lowest BCUT2D eigenvalue weighted by molar-refractivity contribution is 0.0946. The summed E-state index contributed by atoms with van der Waals surface area (Å²) < 4.78 is 6.63. The number of benzene rings is 1. The van der Waals surface area contributed by atoms with Gasteiger partial charge in [0.2, 0.25) is 5.82 Å². The zero-order valence-corrected chi connectivity index (χ0v) is 17.2. The van der Waals surface area contributed by atoms with Crippen LogP contribution in [0.2, 0.25) is 0 Å². The number of aromatic nitrogens is 2. The third-order valence-electron chi connectivity index (χ3n) is 4.69. The Labute approximate surface area is 170 Å². The van der Waals surface area contributed by atoms with Crippen LogP contribution in [0, 0.1) is 20.8 Å². The standard InChI is InChI=1S/C22H26N4O3/c1-14-12-15(2)18(16(3)13-14)25-22(28)20-24-19(17-8-5-6-10-26(17)20)21(27)23-9-7-11-29-4/h5-6,8,10,12-13H,7,9,11H2,1-4H3,(H,23,27)(H,25,28). The molecule has 7 heteroatoms. The SMILES string of the molecule is COCCCNC(=O)c1nc(C(=O)Nc2c(C)cc(C)cc2C)n2ccccc12. The number of anilines is 1. The van der Waals surface area contributed by atoms with Crippen molar-refractivity contribution in [3.05, 3.63) is 64.7 Å². The number of hydrogen-bond donors (Lipinski definition) is 2. The van der Waals surface area contributed by atoms with Crippen molar-refractivity contribution in [2.75, 3.05) is 25.6 Å². The van der Waals surface area contributed by atoms with Gasteiger partial charge in [-0.1, -0.05) is 23.8 Å². The number of carbonyl (C=O) groups excluding carboxylic acids is 2. The molecule has 2 N–H and O–H groups in total. The Balaban J connectivity index is 1.90. The highest BCUT2D eigenvalue weighted by molar-refractivity contribution is 6.06. The van der Waals surface area contributed by atoms with Gasteiger partial charge in [0.25, 0.3) is 11.8 Å². The van der Waals surface area contributed by atoms with E-state index in [2.05, 4.69) is 15.6 Å². The lowest BCUT2D eigenvalue weighted by Gasteiger charge is -2.12. The molecule has 3 aromatic rings. The van der Waals surface area contributed by atoms with Crippen LogP contribution in [0.25, 0.3) is 5.52 Å². The molecule has 0 spiro atoms. The van der Waals surface area contributed by atoms with Gasteiger partial charge in [0.15, 0.2) is 5.69 Å². The highest BCUT2D eigenvalue weighted by Gasteiger charge is 2.22. The molecular weight excluding hydrogens is 368 g/mol. The molecule has 1 aromatic carbocycles. The summed E-state index contributed by atoms with van der Waals surface area (Å²) >= 11 is 0. The molecule has 0 radical (unpaired) electrons. The summed E-state index contributed by atoms with van der Waals surface area (Å²) in [4.78, 5) is 30.0. The van der Waals surface area contributed by atoms with Crippen LogP contribution in [0.5, 0.6) is 0 Å². The summed E-state index contributed by atoms with van der Waals surface area (Å²) in [6, 6.07) is 9.43. The van der Waals surface area contributed by atoms with Gasteiger partial charge < -0.3 is 15.4 Å². The number of methoxy groups -OCH3 is 1. The van der Waals surface area contributed by atoms with Crippen molar-refractivity contribution in [1.29, 1.82) is 0 Å². The summed E-state index contributed by atoms with van der Waals surface area (Å²) in [5.41, 5.74) is 4.67. The molecule has 29 heavy (non-hydrogen) atoms. The second-order valence-corrected chi connectivity index (χ2v) is 7.07. The fraction of sp³-hybridized carbons (Fsp3) is 0.318. The summed E-state index contributed by atoms with van der Waals surface area (Å²) in [5.74, 6) is -0.506. The quantitative estimate of drug-likeness (QED) is 0.602. The van der Waals surface area contributed by atoms with Crippen molar-refractivity contribution in [3.8, 4) is 0 Å². The van der Waals surface area contributed by atoms with Crippen molar-refractivity contribution in [2.45, 2.75) is 27.2 Å². The average Bonchev–Trinajstić information content (AvgIpc) is 3.08. The predicted octanol–water partition coefficient (Wildman–Crippen LogP) is 3.28. The number of carbonyl (C=O) groups is 2. The number of nitrogens with zero attached hydrogens (tertiary/aromatic N) is 2. The molecule has 0 saturated carbocycles. The van der Waals surface area contributed by atoms with Gasteiger partial charge in [0.05, 0.1) is 5.52 Å². The van der Waals surface area contributed by atoms with Gasteiger partial charge in [0.1, 0.15) is 0 Å². The second kappa shape index (κ2) is 8.87. The summed E-state index contributed by atoms with van der Waals surface area (Å²) in [6.07, 6.45) is 2.43. The Kier molecular flexibility index (Phi) is 6.29. The first kappa shape index (κ1) is 20.5. The van der Waals surface area contributed by atoms with Crippen LogP contribution in [0.1, 0.15) is 44.2 Å². The highest BCUT2D eigenvalue weighted by atomic mass is 16.5. The van der Waals surface area contributed by atoms with Crippen LogP contribution in [0.3, 0.4) is 0 Å². The van der Waals surface area contributed by atoms with Gasteiger partial charge >= 0.3 is 0 Å². The molecule has 0 saturated heterocycles. The van der Waals surface area contributed by atoms with Crippen LogP contribution in [0.4, 0.5) is 5.69 Å². The molecule has 0 fully saturated rings. The Bertz CT molecular complexity index is 1030. The van der Waals surface area contributed by atoms with Crippen molar-refractivity contribution in [1.82, 2.24) is 14.7 Å². The van der Waals surface area contributed by atoms with Crippen LogP contribution < -0.4 is 10.6 Å². The zero-order valence-electron chi connectivity index (χ0n) is 17.2. The first-order valence-corrected chi connectivity index (χ1v) is 9.55. The lowest BCUT2D eigenvalue weighted by Crippen LogP contribution is -2.26. The van der Waals surface area contributed by atoms with Gasteiger partial charge in [-0.05, 0) is 50.5 Å². The van der Waals surface area contributed by atoms with E-state index in [0.29, 0.717) is 25.1 Å². The van der Waals surface area contributed by atoms with Crippen molar-refractivity contribution in [3.63, 3.8) is 0 Å². The van der Waals surface area contributed by atoms with Crippen LogP contribution in [-0.4, -0.2) is 41.5 Å². The number of aryl methyl sites for hydroxylation is 3. The first-order chi connectivity index (χ1) is 13.9. The number of pyridine rings is 1. The third-order valence-corrected chi connectivity index (χ3v) is 4.69.